The van der Waals surface area contributed by atoms with Crippen LogP contribution in [0.2, 0.25) is 0 Å². The molecular weight excluding hydrogens is 224 g/mol. The van der Waals surface area contributed by atoms with Crippen molar-refractivity contribution in [1.82, 2.24) is 20.0 Å². The van der Waals surface area contributed by atoms with E-state index >= 15 is 0 Å². The molecule has 104 valence electrons. The molecule has 3 saturated heterocycles. The zero-order chi connectivity index (χ0) is 12.4. The number of fused-ring (bicyclic) bond motifs is 1. The molecule has 0 aromatic heterocycles. The molecule has 3 aliphatic rings. The van der Waals surface area contributed by atoms with Gasteiger partial charge in [0.05, 0.1) is 0 Å². The highest BCUT2D eigenvalue weighted by molar-refractivity contribution is 4.95. The van der Waals surface area contributed by atoms with Crippen molar-refractivity contribution in [2.24, 2.45) is 0 Å². The number of piperazine rings is 1. The Hall–Kier alpha value is -0.160. The van der Waals surface area contributed by atoms with Crippen LogP contribution in [-0.4, -0.2) is 86.2 Å². The molecule has 4 heteroatoms. The van der Waals surface area contributed by atoms with Crippen LogP contribution >= 0.6 is 0 Å². The Kier molecular flexibility index (Phi) is 4.19. The van der Waals surface area contributed by atoms with E-state index in [1.165, 1.54) is 71.6 Å². The molecule has 0 aromatic rings. The van der Waals surface area contributed by atoms with E-state index in [9.17, 15) is 0 Å². The molecule has 0 amide bonds. The largest absolute Gasteiger partial charge is 0.311 e. The fourth-order valence-corrected chi connectivity index (χ4v) is 3.80. The van der Waals surface area contributed by atoms with Gasteiger partial charge in [-0.3, -0.25) is 9.80 Å². The zero-order valence-corrected chi connectivity index (χ0v) is 11.8. The van der Waals surface area contributed by atoms with Crippen molar-refractivity contribution in [3.05, 3.63) is 0 Å². The minimum Gasteiger partial charge on any atom is -0.311 e. The van der Waals surface area contributed by atoms with Gasteiger partial charge in [-0.05, 0) is 32.9 Å². The van der Waals surface area contributed by atoms with Gasteiger partial charge in [-0.1, -0.05) is 0 Å². The number of hydrogen-bond donors (Lipinski definition) is 1. The third-order valence-corrected chi connectivity index (χ3v) is 5.04. The Morgan fingerprint density at radius 1 is 1.00 bits per heavy atom. The molecule has 0 spiro atoms. The van der Waals surface area contributed by atoms with Crippen molar-refractivity contribution in [3.63, 3.8) is 0 Å². The van der Waals surface area contributed by atoms with Crippen LogP contribution in [0, 0.1) is 0 Å². The topological polar surface area (TPSA) is 21.8 Å². The van der Waals surface area contributed by atoms with E-state index in [0.29, 0.717) is 0 Å². The minimum atomic E-state index is 0.778. The summed E-state index contributed by atoms with van der Waals surface area (Å²) in [5.41, 5.74) is 0. The average molecular weight is 252 g/mol. The number of rotatable bonds is 4. The molecule has 18 heavy (non-hydrogen) atoms. The van der Waals surface area contributed by atoms with Gasteiger partial charge < -0.3 is 10.2 Å². The Labute approximate surface area is 111 Å². The van der Waals surface area contributed by atoms with E-state index in [4.69, 9.17) is 0 Å². The Bertz CT molecular complexity index is 263. The van der Waals surface area contributed by atoms with E-state index in [2.05, 4.69) is 27.1 Å². The Morgan fingerprint density at radius 3 is 2.67 bits per heavy atom. The van der Waals surface area contributed by atoms with E-state index in [-0.39, 0.29) is 0 Å². The Morgan fingerprint density at radius 2 is 1.83 bits per heavy atom. The molecule has 4 nitrogen and oxygen atoms in total. The molecule has 3 rings (SSSR count). The maximum atomic E-state index is 3.81. The number of nitrogens with zero attached hydrogens (tertiary/aromatic N) is 3. The fourth-order valence-electron chi connectivity index (χ4n) is 3.80. The summed E-state index contributed by atoms with van der Waals surface area (Å²) in [6.07, 6.45) is 4.21. The predicted octanol–water partition coefficient (Wildman–Crippen LogP) is 0.0601. The summed E-state index contributed by atoms with van der Waals surface area (Å²) < 4.78 is 0. The van der Waals surface area contributed by atoms with E-state index < -0.39 is 0 Å². The van der Waals surface area contributed by atoms with Gasteiger partial charge in [-0.15, -0.1) is 0 Å². The van der Waals surface area contributed by atoms with Gasteiger partial charge in [0.15, 0.2) is 0 Å². The maximum Gasteiger partial charge on any atom is 0.0250 e. The second-order valence-electron chi connectivity index (χ2n) is 6.24. The lowest BCUT2D eigenvalue weighted by Gasteiger charge is -2.32. The van der Waals surface area contributed by atoms with E-state index in [1.807, 2.05) is 0 Å². The summed E-state index contributed by atoms with van der Waals surface area (Å²) in [5.74, 6) is 0. The highest BCUT2D eigenvalue weighted by Gasteiger charge is 2.36. The quantitative estimate of drug-likeness (QED) is 0.764. The van der Waals surface area contributed by atoms with Gasteiger partial charge in [0, 0.05) is 57.9 Å². The molecule has 0 saturated carbocycles. The summed E-state index contributed by atoms with van der Waals surface area (Å²) in [7, 11) is 2.22. The van der Waals surface area contributed by atoms with Crippen molar-refractivity contribution in [1.29, 1.82) is 0 Å². The molecule has 3 fully saturated rings. The van der Waals surface area contributed by atoms with Crippen molar-refractivity contribution < 1.29 is 0 Å². The maximum absolute atomic E-state index is 3.81. The van der Waals surface area contributed by atoms with Crippen LogP contribution in [0.4, 0.5) is 0 Å². The summed E-state index contributed by atoms with van der Waals surface area (Å²) >= 11 is 0. The standard InChI is InChI=1S/C14H28N4/c1-16-9-11-17(12-10-16)8-5-15-13-4-7-18-6-2-3-14(13)18/h13-15H,2-12H2,1H3. The van der Waals surface area contributed by atoms with Crippen LogP contribution in [0.15, 0.2) is 0 Å². The van der Waals surface area contributed by atoms with Gasteiger partial charge in [0.1, 0.15) is 0 Å². The van der Waals surface area contributed by atoms with Crippen molar-refractivity contribution in [3.8, 4) is 0 Å². The fraction of sp³-hybridized carbons (Fsp3) is 1.00. The molecule has 1 N–H and O–H groups in total. The zero-order valence-electron chi connectivity index (χ0n) is 11.8. The third kappa shape index (κ3) is 2.87. The molecule has 2 atom stereocenters. The highest BCUT2D eigenvalue weighted by Crippen LogP contribution is 2.27. The number of likely N-dealkylation sites (N-methyl/N-ethyl adjacent to an activating group) is 1. The first-order valence-corrected chi connectivity index (χ1v) is 7.71. The molecule has 3 heterocycles. The minimum absolute atomic E-state index is 0.778. The van der Waals surface area contributed by atoms with Crippen LogP contribution in [0.3, 0.4) is 0 Å². The molecule has 0 radical (unpaired) electrons. The van der Waals surface area contributed by atoms with Crippen molar-refractivity contribution in [2.45, 2.75) is 31.3 Å². The predicted molar refractivity (Wildman–Crippen MR) is 74.9 cm³/mol. The lowest BCUT2D eigenvalue weighted by molar-refractivity contribution is 0.153. The third-order valence-electron chi connectivity index (χ3n) is 5.04. The van der Waals surface area contributed by atoms with Gasteiger partial charge in [-0.25, -0.2) is 0 Å². The van der Waals surface area contributed by atoms with Gasteiger partial charge in [0.2, 0.25) is 0 Å². The molecule has 0 aliphatic carbocycles. The SMILES string of the molecule is CN1CCN(CCNC2CCN3CCCC23)CC1. The average Bonchev–Trinajstić information content (AvgIpc) is 2.96. The van der Waals surface area contributed by atoms with Crippen LogP contribution in [0.5, 0.6) is 0 Å². The lowest BCUT2D eigenvalue weighted by atomic mass is 10.1. The summed E-state index contributed by atoms with van der Waals surface area (Å²) in [6.45, 7) is 10.1. The summed E-state index contributed by atoms with van der Waals surface area (Å²) in [5, 5.41) is 3.81. The summed E-state index contributed by atoms with van der Waals surface area (Å²) in [6, 6.07) is 1.64. The molecule has 3 aliphatic heterocycles. The number of nitrogens with one attached hydrogen (secondary N) is 1. The van der Waals surface area contributed by atoms with E-state index in [1.54, 1.807) is 0 Å². The molecule has 2 unspecified atom stereocenters. The van der Waals surface area contributed by atoms with Crippen LogP contribution in [0.25, 0.3) is 0 Å². The van der Waals surface area contributed by atoms with Crippen LogP contribution < -0.4 is 5.32 Å². The van der Waals surface area contributed by atoms with Gasteiger partial charge in [0.25, 0.3) is 0 Å². The normalized spacial score (nSPS) is 35.2. The monoisotopic (exact) mass is 252 g/mol. The second-order valence-corrected chi connectivity index (χ2v) is 6.24. The van der Waals surface area contributed by atoms with Crippen LogP contribution in [0.1, 0.15) is 19.3 Å². The smallest absolute Gasteiger partial charge is 0.0250 e. The second kappa shape index (κ2) is 5.87. The van der Waals surface area contributed by atoms with E-state index in [0.717, 1.165) is 12.1 Å². The molecular formula is C14H28N4. The number of hydrogen-bond acceptors (Lipinski definition) is 4. The molecule has 0 bridgehead atoms. The summed E-state index contributed by atoms with van der Waals surface area (Å²) in [4.78, 5) is 7.72. The lowest BCUT2D eigenvalue weighted by Crippen LogP contribution is -2.48. The van der Waals surface area contributed by atoms with Crippen LogP contribution in [-0.2, 0) is 0 Å². The molecule has 0 aromatic carbocycles. The first-order chi connectivity index (χ1) is 8.83. The van der Waals surface area contributed by atoms with Gasteiger partial charge >= 0.3 is 0 Å². The Balaban J connectivity index is 1.35. The first kappa shape index (κ1) is 12.9. The van der Waals surface area contributed by atoms with Crippen molar-refractivity contribution >= 4 is 0 Å². The van der Waals surface area contributed by atoms with Gasteiger partial charge in [-0.2, -0.15) is 0 Å². The van der Waals surface area contributed by atoms with Crippen molar-refractivity contribution in [2.75, 3.05) is 59.4 Å². The first-order valence-electron chi connectivity index (χ1n) is 7.71. The highest BCUT2D eigenvalue weighted by atomic mass is 15.3.